The third-order valence-corrected chi connectivity index (χ3v) is 5.46. The summed E-state index contributed by atoms with van der Waals surface area (Å²) in [4.78, 5) is 25.3. The lowest BCUT2D eigenvalue weighted by Gasteiger charge is -2.21. The highest BCUT2D eigenvalue weighted by atomic mass is 35.5. The summed E-state index contributed by atoms with van der Waals surface area (Å²) < 4.78 is 5.50. The molecule has 0 saturated heterocycles. The summed E-state index contributed by atoms with van der Waals surface area (Å²) in [6.45, 7) is 7.62. The molecule has 2 aromatic carbocycles. The number of nitrogens with zero attached hydrogens (tertiary/aromatic N) is 2. The van der Waals surface area contributed by atoms with Crippen molar-refractivity contribution in [2.24, 2.45) is 0 Å². The van der Waals surface area contributed by atoms with E-state index in [-0.39, 0.29) is 16.6 Å². The number of nitro benzene ring substituents is 1. The molecule has 8 heteroatoms. The molecule has 33 heavy (non-hydrogen) atoms. The molecule has 0 aromatic heterocycles. The summed E-state index contributed by atoms with van der Waals surface area (Å²) in [7, 11) is 1.64. The summed E-state index contributed by atoms with van der Waals surface area (Å²) in [5.74, 6) is 0.468. The van der Waals surface area contributed by atoms with E-state index in [2.05, 4.69) is 24.1 Å². The smallest absolute Gasteiger partial charge is 0.288 e. The molecule has 178 valence electrons. The zero-order chi connectivity index (χ0) is 24.2. The first kappa shape index (κ1) is 26.4. The molecule has 0 bridgehead atoms. The van der Waals surface area contributed by atoms with Gasteiger partial charge in [0.15, 0.2) is 0 Å². The first-order valence-electron chi connectivity index (χ1n) is 11.2. The van der Waals surface area contributed by atoms with E-state index < -0.39 is 4.92 Å². The molecule has 1 amide bonds. The van der Waals surface area contributed by atoms with E-state index in [9.17, 15) is 14.9 Å². The predicted molar refractivity (Wildman–Crippen MR) is 134 cm³/mol. The molecule has 2 aromatic rings. The van der Waals surface area contributed by atoms with Gasteiger partial charge in [-0.05, 0) is 86.8 Å². The van der Waals surface area contributed by atoms with Crippen LogP contribution < -0.4 is 10.1 Å². The van der Waals surface area contributed by atoms with Gasteiger partial charge in [0.2, 0.25) is 5.91 Å². The van der Waals surface area contributed by atoms with Crippen LogP contribution in [0.3, 0.4) is 0 Å². The number of rotatable bonds is 13. The summed E-state index contributed by atoms with van der Waals surface area (Å²) in [5, 5.41) is 13.9. The maximum Gasteiger partial charge on any atom is 0.288 e. The Morgan fingerprint density at radius 3 is 2.52 bits per heavy atom. The lowest BCUT2D eigenvalue weighted by Crippen LogP contribution is -2.26. The number of amides is 1. The summed E-state index contributed by atoms with van der Waals surface area (Å²) in [6.07, 6.45) is 6.98. The number of carbonyl (C=O) groups is 1. The molecule has 0 aliphatic carbocycles. The van der Waals surface area contributed by atoms with E-state index in [1.54, 1.807) is 19.2 Å². The number of nitro groups is 1. The minimum atomic E-state index is -0.553. The Morgan fingerprint density at radius 1 is 1.15 bits per heavy atom. The van der Waals surface area contributed by atoms with Crippen molar-refractivity contribution in [3.05, 3.63) is 68.7 Å². The van der Waals surface area contributed by atoms with E-state index in [0.29, 0.717) is 11.3 Å². The van der Waals surface area contributed by atoms with Gasteiger partial charge in [0, 0.05) is 17.8 Å². The SMILES string of the molecule is CCCN(CCC)CCCc1cc(NC(=O)C=Cc2ccc(Cl)c([N+](=O)[O-])c2)ccc1OC. The van der Waals surface area contributed by atoms with Crippen molar-refractivity contribution >= 4 is 35.0 Å². The maximum absolute atomic E-state index is 12.4. The Balaban J connectivity index is 2.02. The second kappa shape index (κ2) is 13.6. The number of anilines is 1. The molecule has 0 saturated carbocycles. The summed E-state index contributed by atoms with van der Waals surface area (Å²) in [5.41, 5.74) is 2.03. The van der Waals surface area contributed by atoms with Crippen molar-refractivity contribution in [2.45, 2.75) is 39.5 Å². The standard InChI is InChI=1S/C25H32ClN3O4/c1-4-14-28(15-5-2)16-6-7-20-18-21(10-12-24(20)33-3)27-25(30)13-9-19-8-11-22(26)23(17-19)29(31)32/h8-13,17-18H,4-7,14-16H2,1-3H3,(H,27,30). The third kappa shape index (κ3) is 8.51. The lowest BCUT2D eigenvalue weighted by molar-refractivity contribution is -0.384. The van der Waals surface area contributed by atoms with Crippen LogP contribution in [0.1, 0.15) is 44.2 Å². The highest BCUT2D eigenvalue weighted by molar-refractivity contribution is 6.32. The van der Waals surface area contributed by atoms with E-state index in [1.165, 1.54) is 24.3 Å². The van der Waals surface area contributed by atoms with Crippen LogP contribution in [0.25, 0.3) is 6.08 Å². The van der Waals surface area contributed by atoms with Gasteiger partial charge in [-0.2, -0.15) is 0 Å². The zero-order valence-electron chi connectivity index (χ0n) is 19.5. The quantitative estimate of drug-likeness (QED) is 0.220. The van der Waals surface area contributed by atoms with Gasteiger partial charge < -0.3 is 15.0 Å². The molecule has 0 atom stereocenters. The maximum atomic E-state index is 12.4. The number of methoxy groups -OCH3 is 1. The molecular weight excluding hydrogens is 442 g/mol. The van der Waals surface area contributed by atoms with Gasteiger partial charge in [0.1, 0.15) is 10.8 Å². The third-order valence-electron chi connectivity index (χ3n) is 5.14. The fourth-order valence-electron chi connectivity index (χ4n) is 3.64. The van der Waals surface area contributed by atoms with Crippen LogP contribution in [0, 0.1) is 10.1 Å². The molecule has 0 radical (unpaired) electrons. The van der Waals surface area contributed by atoms with Gasteiger partial charge in [-0.3, -0.25) is 14.9 Å². The lowest BCUT2D eigenvalue weighted by atomic mass is 10.1. The molecule has 0 heterocycles. The van der Waals surface area contributed by atoms with Gasteiger partial charge in [-0.25, -0.2) is 0 Å². The van der Waals surface area contributed by atoms with Crippen LogP contribution in [0.2, 0.25) is 5.02 Å². The van der Waals surface area contributed by atoms with Gasteiger partial charge >= 0.3 is 0 Å². The fourth-order valence-corrected chi connectivity index (χ4v) is 3.83. The van der Waals surface area contributed by atoms with Gasteiger partial charge in [0.05, 0.1) is 12.0 Å². The van der Waals surface area contributed by atoms with Crippen LogP contribution in [0.4, 0.5) is 11.4 Å². The number of nitrogens with one attached hydrogen (secondary N) is 1. The Labute approximate surface area is 200 Å². The average molecular weight is 474 g/mol. The number of carbonyl (C=O) groups excluding carboxylic acids is 1. The second-order valence-electron chi connectivity index (χ2n) is 7.76. The molecular formula is C25H32ClN3O4. The van der Waals surface area contributed by atoms with Crippen molar-refractivity contribution < 1.29 is 14.5 Å². The summed E-state index contributed by atoms with van der Waals surface area (Å²) in [6, 6.07) is 9.97. The highest BCUT2D eigenvalue weighted by Gasteiger charge is 2.12. The van der Waals surface area contributed by atoms with E-state index in [0.717, 1.165) is 56.6 Å². The van der Waals surface area contributed by atoms with Crippen molar-refractivity contribution in [2.75, 3.05) is 32.1 Å². The minimum absolute atomic E-state index is 0.0554. The van der Waals surface area contributed by atoms with Crippen molar-refractivity contribution in [1.29, 1.82) is 0 Å². The van der Waals surface area contributed by atoms with Gasteiger partial charge in [0.25, 0.3) is 5.69 Å². The summed E-state index contributed by atoms with van der Waals surface area (Å²) >= 11 is 5.83. The van der Waals surface area contributed by atoms with Crippen LogP contribution in [0.15, 0.2) is 42.5 Å². The number of hydrogen-bond acceptors (Lipinski definition) is 5. The van der Waals surface area contributed by atoms with Crippen LogP contribution in [-0.4, -0.2) is 42.5 Å². The molecule has 0 unspecified atom stereocenters. The molecule has 0 aliphatic rings. The Bertz CT molecular complexity index is 972. The van der Waals surface area contributed by atoms with Crippen molar-refractivity contribution in [1.82, 2.24) is 4.90 Å². The van der Waals surface area contributed by atoms with Gasteiger partial charge in [-0.15, -0.1) is 0 Å². The first-order valence-corrected chi connectivity index (χ1v) is 11.6. The first-order chi connectivity index (χ1) is 15.9. The van der Waals surface area contributed by atoms with Crippen molar-refractivity contribution in [3.8, 4) is 5.75 Å². The van der Waals surface area contributed by atoms with E-state index in [1.807, 2.05) is 12.1 Å². The number of ether oxygens (including phenoxy) is 1. The molecule has 2 rings (SSSR count). The van der Waals surface area contributed by atoms with Crippen molar-refractivity contribution in [3.63, 3.8) is 0 Å². The van der Waals surface area contributed by atoms with E-state index in [4.69, 9.17) is 16.3 Å². The number of aryl methyl sites for hydroxylation is 1. The minimum Gasteiger partial charge on any atom is -0.496 e. The number of hydrogen-bond donors (Lipinski definition) is 1. The van der Waals surface area contributed by atoms with Crippen LogP contribution in [-0.2, 0) is 11.2 Å². The number of benzene rings is 2. The normalized spacial score (nSPS) is 11.2. The topological polar surface area (TPSA) is 84.7 Å². The second-order valence-corrected chi connectivity index (χ2v) is 8.17. The fraction of sp³-hybridized carbons (Fsp3) is 0.400. The zero-order valence-corrected chi connectivity index (χ0v) is 20.2. The monoisotopic (exact) mass is 473 g/mol. The Kier molecular flexibility index (Phi) is 10.9. The van der Waals surface area contributed by atoms with E-state index >= 15 is 0 Å². The average Bonchev–Trinajstić information content (AvgIpc) is 2.79. The Morgan fingerprint density at radius 2 is 1.88 bits per heavy atom. The highest BCUT2D eigenvalue weighted by Crippen LogP contribution is 2.26. The van der Waals surface area contributed by atoms with Gasteiger partial charge in [-0.1, -0.05) is 31.5 Å². The largest absolute Gasteiger partial charge is 0.496 e. The number of halogens is 1. The molecule has 0 spiro atoms. The van der Waals surface area contributed by atoms with Crippen LogP contribution in [0.5, 0.6) is 5.75 Å². The molecule has 0 aliphatic heterocycles. The molecule has 0 fully saturated rings. The van der Waals surface area contributed by atoms with Crippen LogP contribution >= 0.6 is 11.6 Å². The Hall–Kier alpha value is -2.90. The predicted octanol–water partition coefficient (Wildman–Crippen LogP) is 5.96. The molecule has 1 N–H and O–H groups in total. The molecule has 7 nitrogen and oxygen atoms in total.